The molecule has 0 saturated heterocycles. The van der Waals surface area contributed by atoms with E-state index in [0.717, 1.165) is 34.9 Å². The van der Waals surface area contributed by atoms with Gasteiger partial charge < -0.3 is 14.7 Å². The van der Waals surface area contributed by atoms with Crippen molar-refractivity contribution in [2.75, 3.05) is 14.7 Å². The minimum absolute atomic E-state index is 0.0425. The molecule has 11 rings (SSSR count). The normalized spacial score (nSPS) is 15.7. The number of para-hydroxylation sites is 3. The van der Waals surface area contributed by atoms with E-state index in [1.165, 1.54) is 78.4 Å². The van der Waals surface area contributed by atoms with E-state index in [2.05, 4.69) is 284 Å². The summed E-state index contributed by atoms with van der Waals surface area (Å²) in [5.74, 6) is 0. The van der Waals surface area contributed by atoms with E-state index in [1.807, 2.05) is 0 Å². The van der Waals surface area contributed by atoms with Gasteiger partial charge in [0, 0.05) is 50.4 Å². The Morgan fingerprint density at radius 3 is 1.70 bits per heavy atom. The Morgan fingerprint density at radius 1 is 0.471 bits per heavy atom. The van der Waals surface area contributed by atoms with Crippen LogP contribution in [0, 0.1) is 0 Å². The van der Waals surface area contributed by atoms with Crippen molar-refractivity contribution >= 4 is 51.6 Å². The van der Waals surface area contributed by atoms with E-state index in [4.69, 9.17) is 0 Å². The molecule has 0 amide bonds. The number of rotatable bonds is 9. The van der Waals surface area contributed by atoms with E-state index in [-0.39, 0.29) is 21.7 Å². The first kappa shape index (κ1) is 45.1. The summed E-state index contributed by atoms with van der Waals surface area (Å²) in [5, 5.41) is 0. The molecule has 0 saturated carbocycles. The zero-order chi connectivity index (χ0) is 48.7. The molecule has 0 bridgehead atoms. The van der Waals surface area contributed by atoms with Gasteiger partial charge in [-0.2, -0.15) is 0 Å². The maximum Gasteiger partial charge on any atom is 0.0545 e. The average Bonchev–Trinajstić information content (AvgIpc) is 3.59. The van der Waals surface area contributed by atoms with E-state index >= 15 is 0 Å². The third-order valence-corrected chi connectivity index (χ3v) is 15.7. The predicted octanol–water partition coefficient (Wildman–Crippen LogP) is 18.7. The van der Waals surface area contributed by atoms with Crippen LogP contribution in [-0.4, -0.2) is 0 Å². The molecule has 70 heavy (non-hydrogen) atoms. The number of anilines is 8. The number of allylic oxidation sites excluding steroid dienone is 3. The molecule has 3 nitrogen and oxygen atoms in total. The van der Waals surface area contributed by atoms with Crippen molar-refractivity contribution in [2.24, 2.45) is 0 Å². The Hall–Kier alpha value is -7.36. The maximum atomic E-state index is 2.58. The molecule has 2 aliphatic heterocycles. The van der Waals surface area contributed by atoms with Crippen molar-refractivity contribution in [1.29, 1.82) is 0 Å². The number of hydrogen-bond acceptors (Lipinski definition) is 3. The first-order valence-electron chi connectivity index (χ1n) is 25.3. The topological polar surface area (TPSA) is 9.72 Å². The molecule has 8 aromatic carbocycles. The van der Waals surface area contributed by atoms with Gasteiger partial charge in [-0.05, 0) is 146 Å². The molecule has 0 atom stereocenters. The van der Waals surface area contributed by atoms with Crippen LogP contribution in [0.25, 0.3) is 17.2 Å². The molecule has 3 heteroatoms. The fraction of sp³-hybridized carbons (Fsp3) is 0.224. The highest BCUT2D eigenvalue weighted by atomic mass is 15.2. The fourth-order valence-corrected chi connectivity index (χ4v) is 12.0. The van der Waals surface area contributed by atoms with E-state index in [0.29, 0.717) is 0 Å². The molecule has 0 fully saturated rings. The largest absolute Gasteiger partial charge is 0.314 e. The Morgan fingerprint density at radius 2 is 1.00 bits per heavy atom. The van der Waals surface area contributed by atoms with Gasteiger partial charge in [-0.25, -0.2) is 0 Å². The van der Waals surface area contributed by atoms with Crippen LogP contribution in [0.1, 0.15) is 120 Å². The Labute approximate surface area is 417 Å². The highest BCUT2D eigenvalue weighted by Gasteiger charge is 2.46. The summed E-state index contributed by atoms with van der Waals surface area (Å²) in [6.45, 7) is 23.6. The minimum Gasteiger partial charge on any atom is -0.314 e. The monoisotopic (exact) mass is 912 g/mol. The van der Waals surface area contributed by atoms with Crippen molar-refractivity contribution in [1.82, 2.24) is 0 Å². The lowest BCUT2D eigenvalue weighted by atomic mass is 9.66. The summed E-state index contributed by atoms with van der Waals surface area (Å²) in [5.41, 5.74) is 23.3. The maximum absolute atomic E-state index is 2.58. The molecular formula is C67H65N3. The number of fused-ring (bicyclic) bond motifs is 7. The van der Waals surface area contributed by atoms with Gasteiger partial charge in [0.1, 0.15) is 0 Å². The van der Waals surface area contributed by atoms with Gasteiger partial charge in [0.2, 0.25) is 0 Å². The molecule has 2 heterocycles. The summed E-state index contributed by atoms with van der Waals surface area (Å²) in [6, 6.07) is 68.0. The third-order valence-electron chi connectivity index (χ3n) is 15.7. The molecule has 0 aromatic heterocycles. The Kier molecular flexibility index (Phi) is 10.7. The molecule has 8 aromatic rings. The summed E-state index contributed by atoms with van der Waals surface area (Å²) < 4.78 is 0. The van der Waals surface area contributed by atoms with Gasteiger partial charge in [0.25, 0.3) is 0 Å². The summed E-state index contributed by atoms with van der Waals surface area (Å²) in [4.78, 5) is 7.55. The predicted molar refractivity (Wildman–Crippen MR) is 299 cm³/mol. The smallest absolute Gasteiger partial charge is 0.0545 e. The summed E-state index contributed by atoms with van der Waals surface area (Å²) in [7, 11) is 0. The van der Waals surface area contributed by atoms with Crippen LogP contribution in [0.15, 0.2) is 200 Å². The van der Waals surface area contributed by atoms with E-state index in [9.17, 15) is 0 Å². The molecule has 348 valence electrons. The van der Waals surface area contributed by atoms with Crippen molar-refractivity contribution in [3.63, 3.8) is 0 Å². The Balaban J connectivity index is 1.10. The molecule has 0 unspecified atom stereocenters. The van der Waals surface area contributed by atoms with Crippen LogP contribution >= 0.6 is 0 Å². The van der Waals surface area contributed by atoms with Gasteiger partial charge in [-0.15, -0.1) is 0 Å². The lowest BCUT2D eigenvalue weighted by Crippen LogP contribution is -2.38. The third kappa shape index (κ3) is 7.15. The molecule has 0 spiro atoms. The fourth-order valence-electron chi connectivity index (χ4n) is 12.0. The molecule has 0 N–H and O–H groups in total. The molecule has 3 aliphatic rings. The zero-order valence-corrected chi connectivity index (χ0v) is 42.6. The van der Waals surface area contributed by atoms with E-state index < -0.39 is 0 Å². The lowest BCUT2D eigenvalue weighted by Gasteiger charge is -2.50. The van der Waals surface area contributed by atoms with Gasteiger partial charge in [-0.1, -0.05) is 191 Å². The summed E-state index contributed by atoms with van der Waals surface area (Å²) in [6.07, 6.45) is 7.68. The van der Waals surface area contributed by atoms with Gasteiger partial charge in [0.05, 0.1) is 17.1 Å². The van der Waals surface area contributed by atoms with Crippen LogP contribution < -0.4 is 14.7 Å². The van der Waals surface area contributed by atoms with Crippen molar-refractivity contribution in [3.8, 4) is 11.1 Å². The highest BCUT2D eigenvalue weighted by Crippen LogP contribution is 2.62. The standard InChI is InChI=1S/C67H65N3/c1-11-46(31-24-26-45-25-18-20-33-54(45)64(2,3)4)68(47-27-14-12-15-28-47)50-38-40-62-58(42-50)67(9,10)60-44-51(43-59-63(60)70(62)61-36-23-22-35-56(61)66(59,7)8)69(48-29-16-13-17-30-48)49-37-39-53-52-32-19-21-34-55(52)65(5,6)57(53)41-49/h12-44H,11H2,1-10H3/b26-24+,46-31+. The minimum atomic E-state index is -0.386. The summed E-state index contributed by atoms with van der Waals surface area (Å²) >= 11 is 0. The van der Waals surface area contributed by atoms with Crippen LogP contribution in [0.3, 0.4) is 0 Å². The lowest BCUT2D eigenvalue weighted by molar-refractivity contribution is 0.589. The first-order valence-corrected chi connectivity index (χ1v) is 25.3. The average molecular weight is 912 g/mol. The SMILES string of the molecule is CC/C(=C\C=C\c1ccccc1C(C)(C)C)N(c1ccccc1)c1ccc2c(c1)C(C)(C)c1cc(N(c3ccccc3)c3ccc4c(c3)C(C)(C)c3ccccc3-4)cc3c1N2c1ccccc1C3(C)C. The number of benzene rings is 8. The quantitative estimate of drug-likeness (QED) is 0.134. The second-order valence-electron chi connectivity index (χ2n) is 22.1. The van der Waals surface area contributed by atoms with Crippen LogP contribution in [0.4, 0.5) is 45.5 Å². The van der Waals surface area contributed by atoms with Gasteiger partial charge in [0.15, 0.2) is 0 Å². The second-order valence-corrected chi connectivity index (χ2v) is 22.1. The van der Waals surface area contributed by atoms with Gasteiger partial charge >= 0.3 is 0 Å². The van der Waals surface area contributed by atoms with Crippen molar-refractivity contribution < 1.29 is 0 Å². The second kappa shape index (κ2) is 16.7. The first-order chi connectivity index (χ1) is 33.6. The van der Waals surface area contributed by atoms with Crippen LogP contribution in [0.5, 0.6) is 0 Å². The van der Waals surface area contributed by atoms with E-state index in [1.54, 1.807) is 0 Å². The molecule has 1 aliphatic carbocycles. The number of hydrogen-bond donors (Lipinski definition) is 0. The molecular weight excluding hydrogens is 847 g/mol. The molecule has 0 radical (unpaired) electrons. The van der Waals surface area contributed by atoms with Gasteiger partial charge in [-0.3, -0.25) is 0 Å². The Bertz CT molecular complexity index is 3380. The van der Waals surface area contributed by atoms with Crippen LogP contribution in [-0.2, 0) is 21.7 Å². The highest BCUT2D eigenvalue weighted by molar-refractivity contribution is 5.96. The van der Waals surface area contributed by atoms with Crippen molar-refractivity contribution in [2.45, 2.75) is 97.3 Å². The van der Waals surface area contributed by atoms with Crippen LogP contribution in [0.2, 0.25) is 0 Å². The number of nitrogens with zero attached hydrogens (tertiary/aromatic N) is 3. The van der Waals surface area contributed by atoms with Crippen molar-refractivity contribution in [3.05, 3.63) is 244 Å². The zero-order valence-electron chi connectivity index (χ0n) is 42.6.